The molecule has 0 aliphatic carbocycles. The van der Waals surface area contributed by atoms with Crippen LogP contribution < -0.4 is 0 Å². The maximum absolute atomic E-state index is 6.36. The Labute approximate surface area is 145 Å². The van der Waals surface area contributed by atoms with Crippen LogP contribution in [-0.2, 0) is 6.42 Å². The number of hydrogen-bond acceptors (Lipinski definition) is 1. The first kappa shape index (κ1) is 15.2. The van der Waals surface area contributed by atoms with Crippen LogP contribution in [0.4, 0.5) is 0 Å². The normalized spacial score (nSPS) is 11.2. The van der Waals surface area contributed by atoms with Crippen molar-refractivity contribution >= 4 is 61.8 Å². The number of halogens is 4. The predicted molar refractivity (Wildman–Crippen MR) is 93.2 cm³/mol. The van der Waals surface area contributed by atoms with Gasteiger partial charge in [-0.15, -0.1) is 11.6 Å². The molecule has 0 N–H and O–H groups in total. The number of aryl methyl sites for hydroxylation is 1. The van der Waals surface area contributed by atoms with Gasteiger partial charge in [-0.2, -0.15) is 0 Å². The zero-order valence-corrected chi connectivity index (χ0v) is 14.6. The summed E-state index contributed by atoms with van der Waals surface area (Å²) in [5, 5.41) is 1.19. The van der Waals surface area contributed by atoms with Gasteiger partial charge in [0.15, 0.2) is 0 Å². The lowest BCUT2D eigenvalue weighted by Crippen LogP contribution is -2.03. The molecule has 2 nitrogen and oxygen atoms in total. The molecule has 0 fully saturated rings. The van der Waals surface area contributed by atoms with E-state index >= 15 is 0 Å². The van der Waals surface area contributed by atoms with Crippen molar-refractivity contribution in [3.05, 3.63) is 56.7 Å². The molecule has 6 heteroatoms. The summed E-state index contributed by atoms with van der Waals surface area (Å²) in [5.74, 6) is 1.37. The number of benzene rings is 2. The van der Waals surface area contributed by atoms with Crippen molar-refractivity contribution in [2.24, 2.45) is 0 Å². The summed E-state index contributed by atoms with van der Waals surface area (Å²) in [4.78, 5) is 4.65. The molecule has 1 heterocycles. The largest absolute Gasteiger partial charge is 0.295 e. The molecule has 0 unspecified atom stereocenters. The first-order valence-corrected chi connectivity index (χ1v) is 8.37. The van der Waals surface area contributed by atoms with Gasteiger partial charge in [0.05, 0.1) is 21.7 Å². The minimum Gasteiger partial charge on any atom is -0.295 e. The summed E-state index contributed by atoms with van der Waals surface area (Å²) in [6.45, 7) is 0. The van der Waals surface area contributed by atoms with Crippen molar-refractivity contribution in [2.75, 3.05) is 5.88 Å². The molecular weight excluding hydrogens is 394 g/mol. The van der Waals surface area contributed by atoms with Gasteiger partial charge in [0.2, 0.25) is 0 Å². The average molecular weight is 405 g/mol. The van der Waals surface area contributed by atoms with E-state index in [0.717, 1.165) is 27.0 Å². The van der Waals surface area contributed by atoms with Gasteiger partial charge in [-0.25, -0.2) is 4.98 Å². The number of aromatic nitrogens is 2. The van der Waals surface area contributed by atoms with Gasteiger partial charge in [-0.3, -0.25) is 4.57 Å². The summed E-state index contributed by atoms with van der Waals surface area (Å²) in [6, 6.07) is 11.4. The van der Waals surface area contributed by atoms with Gasteiger partial charge >= 0.3 is 0 Å². The Balaban J connectivity index is 2.32. The number of rotatable bonds is 3. The minimum atomic E-state index is 0.496. The van der Waals surface area contributed by atoms with E-state index in [9.17, 15) is 0 Å². The second-order valence-corrected chi connectivity index (χ2v) is 6.67. The Hall–Kier alpha value is -0.740. The van der Waals surface area contributed by atoms with Crippen LogP contribution in [0.15, 0.2) is 40.9 Å². The van der Waals surface area contributed by atoms with Gasteiger partial charge in [0.1, 0.15) is 5.82 Å². The van der Waals surface area contributed by atoms with Gasteiger partial charge in [-0.1, -0.05) is 39.1 Å². The third kappa shape index (κ3) is 2.93. The van der Waals surface area contributed by atoms with Crippen molar-refractivity contribution in [1.82, 2.24) is 9.55 Å². The molecular formula is C15H10BrCl3N2. The molecule has 0 bridgehead atoms. The molecule has 108 valence electrons. The van der Waals surface area contributed by atoms with Gasteiger partial charge in [-0.05, 0) is 36.4 Å². The smallest absolute Gasteiger partial charge is 0.115 e. The first-order valence-electron chi connectivity index (χ1n) is 6.28. The standard InChI is InChI=1S/C15H10BrCl3N2/c16-9-1-3-12-14(7-9)21(15(20-12)5-6-17)13-4-2-10(18)8-11(13)19/h1-4,7-8H,5-6H2. The maximum Gasteiger partial charge on any atom is 0.115 e. The Morgan fingerprint density at radius 3 is 2.62 bits per heavy atom. The van der Waals surface area contributed by atoms with Crippen LogP contribution in [0.3, 0.4) is 0 Å². The molecule has 3 aromatic rings. The van der Waals surface area contributed by atoms with Crippen LogP contribution in [0, 0.1) is 0 Å². The number of hydrogen-bond donors (Lipinski definition) is 0. The Bertz CT molecular complexity index is 814. The predicted octanol–water partition coefficient (Wildman–Crippen LogP) is 5.88. The zero-order valence-electron chi connectivity index (χ0n) is 10.8. The highest BCUT2D eigenvalue weighted by Crippen LogP contribution is 2.30. The van der Waals surface area contributed by atoms with E-state index < -0.39 is 0 Å². The molecule has 0 radical (unpaired) electrons. The fourth-order valence-corrected chi connectivity index (χ4v) is 3.29. The van der Waals surface area contributed by atoms with Gasteiger partial charge in [0, 0.05) is 21.8 Å². The second kappa shape index (κ2) is 6.17. The first-order chi connectivity index (χ1) is 10.1. The molecule has 0 aliphatic rings. The number of fused-ring (bicyclic) bond motifs is 1. The van der Waals surface area contributed by atoms with Crippen LogP contribution >= 0.6 is 50.7 Å². The SMILES string of the molecule is ClCCc1nc2ccc(Br)cc2n1-c1ccc(Cl)cc1Cl. The minimum absolute atomic E-state index is 0.496. The van der Waals surface area contributed by atoms with Crippen LogP contribution in [0.25, 0.3) is 16.7 Å². The molecule has 0 atom stereocenters. The monoisotopic (exact) mass is 402 g/mol. The van der Waals surface area contributed by atoms with E-state index in [4.69, 9.17) is 34.8 Å². The van der Waals surface area contributed by atoms with Crippen molar-refractivity contribution in [3.8, 4) is 5.69 Å². The third-order valence-corrected chi connectivity index (χ3v) is 4.37. The van der Waals surface area contributed by atoms with E-state index in [2.05, 4.69) is 20.9 Å². The Morgan fingerprint density at radius 1 is 1.10 bits per heavy atom. The van der Waals surface area contributed by atoms with E-state index in [0.29, 0.717) is 22.3 Å². The van der Waals surface area contributed by atoms with E-state index in [1.807, 2.05) is 34.9 Å². The number of nitrogens with zero attached hydrogens (tertiary/aromatic N) is 2. The zero-order chi connectivity index (χ0) is 15.0. The van der Waals surface area contributed by atoms with Crippen molar-refractivity contribution in [3.63, 3.8) is 0 Å². The summed E-state index contributed by atoms with van der Waals surface area (Å²) in [6.07, 6.45) is 0.660. The highest BCUT2D eigenvalue weighted by Gasteiger charge is 2.15. The van der Waals surface area contributed by atoms with Crippen LogP contribution in [0.2, 0.25) is 10.0 Å². The molecule has 1 aromatic heterocycles. The Kier molecular flexibility index (Phi) is 4.46. The quantitative estimate of drug-likeness (QED) is 0.499. The van der Waals surface area contributed by atoms with Crippen molar-refractivity contribution in [1.29, 1.82) is 0 Å². The highest BCUT2D eigenvalue weighted by atomic mass is 79.9. The molecule has 0 saturated heterocycles. The van der Waals surface area contributed by atoms with Gasteiger partial charge < -0.3 is 0 Å². The number of imidazole rings is 1. The molecule has 0 saturated carbocycles. The molecule has 0 spiro atoms. The van der Waals surface area contributed by atoms with E-state index in [-0.39, 0.29) is 0 Å². The van der Waals surface area contributed by atoms with E-state index in [1.165, 1.54) is 0 Å². The fraction of sp³-hybridized carbons (Fsp3) is 0.133. The fourth-order valence-electron chi connectivity index (χ4n) is 2.28. The topological polar surface area (TPSA) is 17.8 Å². The lowest BCUT2D eigenvalue weighted by Gasteiger charge is -2.11. The van der Waals surface area contributed by atoms with Crippen LogP contribution in [-0.4, -0.2) is 15.4 Å². The lowest BCUT2D eigenvalue weighted by atomic mass is 10.2. The summed E-state index contributed by atoms with van der Waals surface area (Å²) < 4.78 is 3.01. The molecule has 0 aliphatic heterocycles. The Morgan fingerprint density at radius 2 is 1.90 bits per heavy atom. The third-order valence-electron chi connectivity index (χ3n) is 3.15. The van der Waals surface area contributed by atoms with Crippen LogP contribution in [0.1, 0.15) is 5.82 Å². The van der Waals surface area contributed by atoms with Crippen molar-refractivity contribution in [2.45, 2.75) is 6.42 Å². The van der Waals surface area contributed by atoms with E-state index in [1.54, 1.807) is 6.07 Å². The van der Waals surface area contributed by atoms with Crippen molar-refractivity contribution < 1.29 is 0 Å². The highest BCUT2D eigenvalue weighted by molar-refractivity contribution is 9.10. The van der Waals surface area contributed by atoms with Crippen LogP contribution in [0.5, 0.6) is 0 Å². The average Bonchev–Trinajstić information content (AvgIpc) is 2.77. The molecule has 2 aromatic carbocycles. The van der Waals surface area contributed by atoms with Gasteiger partial charge in [0.25, 0.3) is 0 Å². The second-order valence-electron chi connectivity index (χ2n) is 4.53. The number of alkyl halides is 1. The summed E-state index contributed by atoms with van der Waals surface area (Å²) >= 11 is 21.7. The summed E-state index contributed by atoms with van der Waals surface area (Å²) in [5.41, 5.74) is 2.74. The lowest BCUT2D eigenvalue weighted by molar-refractivity contribution is 0.912. The molecule has 3 rings (SSSR count). The molecule has 0 amide bonds. The molecule has 21 heavy (non-hydrogen) atoms. The maximum atomic E-state index is 6.36. The summed E-state index contributed by atoms with van der Waals surface area (Å²) in [7, 11) is 0.